The van der Waals surface area contributed by atoms with Crippen LogP contribution in [0.2, 0.25) is 0 Å². The van der Waals surface area contributed by atoms with Crippen molar-refractivity contribution in [1.82, 2.24) is 5.32 Å². The summed E-state index contributed by atoms with van der Waals surface area (Å²) in [6, 6.07) is 11.0. The fourth-order valence-electron chi connectivity index (χ4n) is 2.25. The van der Waals surface area contributed by atoms with Crippen molar-refractivity contribution in [2.24, 2.45) is 0 Å². The maximum absolute atomic E-state index is 12.5. The van der Waals surface area contributed by atoms with Gasteiger partial charge in [-0.15, -0.1) is 11.3 Å². The van der Waals surface area contributed by atoms with Gasteiger partial charge < -0.3 is 5.32 Å². The second kappa shape index (κ2) is 6.27. The Balaban J connectivity index is 2.27. The predicted octanol–water partition coefficient (Wildman–Crippen LogP) is 4.02. The van der Waals surface area contributed by atoms with Crippen LogP contribution in [0.1, 0.15) is 40.4 Å². The largest absolute Gasteiger partial charge is 0.342 e. The van der Waals surface area contributed by atoms with Gasteiger partial charge in [-0.2, -0.15) is 0 Å². The third-order valence-electron chi connectivity index (χ3n) is 3.82. The van der Waals surface area contributed by atoms with Crippen LogP contribution in [-0.4, -0.2) is 10.8 Å². The van der Waals surface area contributed by atoms with Gasteiger partial charge in [-0.3, -0.25) is 14.9 Å². The van der Waals surface area contributed by atoms with Crippen molar-refractivity contribution in [3.8, 4) is 0 Å². The Bertz CT molecular complexity index is 697. The number of rotatable bonds is 5. The molecule has 1 aromatic carbocycles. The molecule has 1 atom stereocenters. The van der Waals surface area contributed by atoms with Gasteiger partial charge in [-0.25, -0.2) is 0 Å². The summed E-state index contributed by atoms with van der Waals surface area (Å²) in [4.78, 5) is 23.8. The van der Waals surface area contributed by atoms with E-state index in [1.54, 1.807) is 6.92 Å². The average Bonchev–Trinajstić information content (AvgIpc) is 2.90. The van der Waals surface area contributed by atoms with Crippen LogP contribution in [0, 0.1) is 17.0 Å². The summed E-state index contributed by atoms with van der Waals surface area (Å²) < 4.78 is 0. The van der Waals surface area contributed by atoms with Crippen molar-refractivity contribution in [2.45, 2.75) is 32.7 Å². The molecule has 5 nitrogen and oxygen atoms in total. The summed E-state index contributed by atoms with van der Waals surface area (Å²) in [5, 5.41) is 13.9. The lowest BCUT2D eigenvalue weighted by molar-refractivity contribution is -0.385. The van der Waals surface area contributed by atoms with Gasteiger partial charge in [-0.05, 0) is 25.8 Å². The van der Waals surface area contributed by atoms with Crippen molar-refractivity contribution in [3.05, 3.63) is 61.8 Å². The molecule has 22 heavy (non-hydrogen) atoms. The van der Waals surface area contributed by atoms with Crippen LogP contribution >= 0.6 is 11.3 Å². The number of hydrogen-bond acceptors (Lipinski definition) is 4. The molecular formula is C16H18N2O3S. The second-order valence-corrected chi connectivity index (χ2v) is 6.57. The molecule has 1 aromatic heterocycles. The maximum Gasteiger partial charge on any atom is 0.283 e. The summed E-state index contributed by atoms with van der Waals surface area (Å²) in [6.07, 6.45) is 0.717. The smallest absolute Gasteiger partial charge is 0.283 e. The Labute approximate surface area is 133 Å². The van der Waals surface area contributed by atoms with E-state index in [1.165, 1.54) is 6.07 Å². The third-order valence-corrected chi connectivity index (χ3v) is 4.86. The summed E-state index contributed by atoms with van der Waals surface area (Å²) in [6.45, 7) is 5.60. The first-order valence-electron chi connectivity index (χ1n) is 7.00. The van der Waals surface area contributed by atoms with E-state index in [1.807, 2.05) is 44.2 Å². The summed E-state index contributed by atoms with van der Waals surface area (Å²) >= 11 is 1.14. The molecule has 2 rings (SSSR count). The minimum Gasteiger partial charge on any atom is -0.342 e. The van der Waals surface area contributed by atoms with E-state index in [4.69, 9.17) is 0 Å². The van der Waals surface area contributed by atoms with Gasteiger partial charge in [0.15, 0.2) is 0 Å². The molecule has 2 aromatic rings. The lowest BCUT2D eigenvalue weighted by Crippen LogP contribution is -2.42. The molecule has 0 bridgehead atoms. The molecule has 0 saturated carbocycles. The third kappa shape index (κ3) is 3.17. The molecule has 0 radical (unpaired) electrons. The minimum atomic E-state index is -0.509. The van der Waals surface area contributed by atoms with Crippen molar-refractivity contribution in [1.29, 1.82) is 0 Å². The number of nitro groups is 1. The highest BCUT2D eigenvalue weighted by atomic mass is 32.1. The first-order valence-corrected chi connectivity index (χ1v) is 7.82. The van der Waals surface area contributed by atoms with Gasteiger partial charge in [0.2, 0.25) is 0 Å². The quantitative estimate of drug-likeness (QED) is 0.668. The number of aryl methyl sites for hydroxylation is 1. The molecule has 0 saturated heterocycles. The molecule has 0 fully saturated rings. The Hall–Kier alpha value is -2.21. The molecule has 0 aliphatic heterocycles. The van der Waals surface area contributed by atoms with Crippen molar-refractivity contribution < 1.29 is 9.72 Å². The Morgan fingerprint density at radius 1 is 1.36 bits per heavy atom. The number of amides is 1. The molecule has 116 valence electrons. The van der Waals surface area contributed by atoms with E-state index in [9.17, 15) is 14.9 Å². The fraction of sp³-hybridized carbons (Fsp3) is 0.312. The normalized spacial score (nSPS) is 13.4. The Morgan fingerprint density at radius 3 is 2.50 bits per heavy atom. The van der Waals surface area contributed by atoms with Crippen LogP contribution < -0.4 is 5.32 Å². The SMILES string of the molecule is CCC(C)(NC(=O)c1cc([N+](=O)[O-])c(C)s1)c1ccccc1. The van der Waals surface area contributed by atoms with E-state index in [0.717, 1.165) is 23.3 Å². The molecule has 1 amide bonds. The van der Waals surface area contributed by atoms with E-state index in [0.29, 0.717) is 9.75 Å². The number of carbonyl (C=O) groups is 1. The predicted molar refractivity (Wildman–Crippen MR) is 87.3 cm³/mol. The summed E-state index contributed by atoms with van der Waals surface area (Å²) in [5.41, 5.74) is 0.493. The standard InChI is InChI=1S/C16H18N2O3S/c1-4-16(3,12-8-6-5-7-9-12)17-15(19)14-10-13(18(20)21)11(2)22-14/h5-10H,4H2,1-3H3,(H,17,19). The zero-order valence-electron chi connectivity index (χ0n) is 12.8. The first kappa shape index (κ1) is 16.2. The van der Waals surface area contributed by atoms with E-state index in [-0.39, 0.29) is 11.6 Å². The van der Waals surface area contributed by atoms with Crippen molar-refractivity contribution in [3.63, 3.8) is 0 Å². The highest BCUT2D eigenvalue weighted by Crippen LogP contribution is 2.30. The van der Waals surface area contributed by atoms with Crippen molar-refractivity contribution in [2.75, 3.05) is 0 Å². The monoisotopic (exact) mass is 318 g/mol. The zero-order chi connectivity index (χ0) is 16.3. The van der Waals surface area contributed by atoms with Crippen LogP contribution in [0.15, 0.2) is 36.4 Å². The van der Waals surface area contributed by atoms with Crippen LogP contribution in [0.4, 0.5) is 5.69 Å². The highest BCUT2D eigenvalue weighted by molar-refractivity contribution is 7.14. The summed E-state index contributed by atoms with van der Waals surface area (Å²) in [5.74, 6) is -0.283. The van der Waals surface area contributed by atoms with Gasteiger partial charge in [-0.1, -0.05) is 37.3 Å². The molecule has 1 heterocycles. The molecule has 6 heteroatoms. The van der Waals surface area contributed by atoms with E-state index in [2.05, 4.69) is 5.32 Å². The van der Waals surface area contributed by atoms with Crippen LogP contribution in [0.5, 0.6) is 0 Å². The van der Waals surface area contributed by atoms with Crippen molar-refractivity contribution >= 4 is 22.9 Å². The number of thiophene rings is 1. The molecular weight excluding hydrogens is 300 g/mol. The topological polar surface area (TPSA) is 72.2 Å². The fourth-order valence-corrected chi connectivity index (χ4v) is 3.13. The number of nitrogens with one attached hydrogen (secondary N) is 1. The number of benzene rings is 1. The number of carbonyl (C=O) groups excluding carboxylic acids is 1. The van der Waals surface area contributed by atoms with Crippen LogP contribution in [0.3, 0.4) is 0 Å². The Morgan fingerprint density at radius 2 is 2.00 bits per heavy atom. The molecule has 0 aliphatic carbocycles. The van der Waals surface area contributed by atoms with Gasteiger partial charge in [0.25, 0.3) is 11.6 Å². The van der Waals surface area contributed by atoms with Gasteiger partial charge >= 0.3 is 0 Å². The van der Waals surface area contributed by atoms with Gasteiger partial charge in [0.05, 0.1) is 20.2 Å². The van der Waals surface area contributed by atoms with Crippen LogP contribution in [-0.2, 0) is 5.54 Å². The first-order chi connectivity index (χ1) is 10.4. The van der Waals surface area contributed by atoms with Crippen LogP contribution in [0.25, 0.3) is 0 Å². The lowest BCUT2D eigenvalue weighted by atomic mass is 9.89. The lowest BCUT2D eigenvalue weighted by Gasteiger charge is -2.30. The maximum atomic E-state index is 12.5. The molecule has 0 spiro atoms. The second-order valence-electron chi connectivity index (χ2n) is 5.31. The van der Waals surface area contributed by atoms with E-state index >= 15 is 0 Å². The minimum absolute atomic E-state index is 0.00642. The highest BCUT2D eigenvalue weighted by Gasteiger charge is 2.28. The number of nitrogens with zero attached hydrogens (tertiary/aromatic N) is 1. The molecule has 1 N–H and O–H groups in total. The number of hydrogen-bond donors (Lipinski definition) is 1. The Kier molecular flexibility index (Phi) is 4.61. The summed E-state index contributed by atoms with van der Waals surface area (Å²) in [7, 11) is 0. The molecule has 1 unspecified atom stereocenters. The van der Waals surface area contributed by atoms with Gasteiger partial charge in [0, 0.05) is 6.07 Å². The molecule has 0 aliphatic rings. The van der Waals surface area contributed by atoms with Gasteiger partial charge in [0.1, 0.15) is 0 Å². The zero-order valence-corrected chi connectivity index (χ0v) is 13.6. The average molecular weight is 318 g/mol. The van der Waals surface area contributed by atoms with E-state index < -0.39 is 10.5 Å².